The molecule has 34 heavy (non-hydrogen) atoms. The molecular weight excluding hydrogens is 465 g/mol. The molecule has 1 aliphatic rings. The van der Waals surface area contributed by atoms with Crippen LogP contribution in [0.15, 0.2) is 0 Å². The van der Waals surface area contributed by atoms with Crippen LogP contribution in [-0.4, -0.2) is 43.9 Å². The fourth-order valence-corrected chi connectivity index (χ4v) is 4.23. The molecule has 0 N–H and O–H groups in total. The summed E-state index contributed by atoms with van der Waals surface area (Å²) in [7, 11) is 0. The summed E-state index contributed by atoms with van der Waals surface area (Å²) >= 11 is 0. The summed E-state index contributed by atoms with van der Waals surface area (Å²) in [6.45, 7) is 2.51. The number of rotatable bonds is 21. The van der Waals surface area contributed by atoms with Gasteiger partial charge in [-0.2, -0.15) is 30.7 Å². The SMILES string of the molecule is FC(F)(F)C(F)(F)C(F)(F)CCCCCCCCCCCCCCCCOCCC1CCCO1. The highest BCUT2D eigenvalue weighted by Crippen LogP contribution is 2.48. The van der Waals surface area contributed by atoms with Gasteiger partial charge in [-0.3, -0.25) is 0 Å². The van der Waals surface area contributed by atoms with E-state index in [1.807, 2.05) is 0 Å². The summed E-state index contributed by atoms with van der Waals surface area (Å²) in [5, 5.41) is 0. The highest BCUT2D eigenvalue weighted by atomic mass is 19.4. The van der Waals surface area contributed by atoms with E-state index in [1.165, 1.54) is 38.5 Å². The van der Waals surface area contributed by atoms with E-state index in [-0.39, 0.29) is 12.8 Å². The van der Waals surface area contributed by atoms with Gasteiger partial charge in [0.25, 0.3) is 0 Å². The van der Waals surface area contributed by atoms with Crippen LogP contribution in [0.25, 0.3) is 0 Å². The molecule has 0 radical (unpaired) electrons. The van der Waals surface area contributed by atoms with Crippen LogP contribution in [0.5, 0.6) is 0 Å². The van der Waals surface area contributed by atoms with Gasteiger partial charge in [0.1, 0.15) is 0 Å². The summed E-state index contributed by atoms with van der Waals surface area (Å²) < 4.78 is 99.4. The second kappa shape index (κ2) is 17.0. The third kappa shape index (κ3) is 12.9. The molecule has 0 aromatic heterocycles. The van der Waals surface area contributed by atoms with Gasteiger partial charge in [-0.25, -0.2) is 0 Å². The van der Waals surface area contributed by atoms with Gasteiger partial charge in [-0.05, 0) is 32.1 Å². The zero-order valence-corrected chi connectivity index (χ0v) is 20.4. The van der Waals surface area contributed by atoms with Crippen LogP contribution in [0.3, 0.4) is 0 Å². The topological polar surface area (TPSA) is 18.5 Å². The molecule has 204 valence electrons. The Morgan fingerprint density at radius 3 is 1.53 bits per heavy atom. The van der Waals surface area contributed by atoms with Crippen LogP contribution in [0.4, 0.5) is 30.7 Å². The van der Waals surface area contributed by atoms with E-state index in [9.17, 15) is 30.7 Å². The molecule has 0 saturated carbocycles. The minimum atomic E-state index is -6.23. The van der Waals surface area contributed by atoms with Crippen molar-refractivity contribution in [1.29, 1.82) is 0 Å². The lowest BCUT2D eigenvalue weighted by atomic mass is 10.0. The van der Waals surface area contributed by atoms with Gasteiger partial charge in [0.05, 0.1) is 6.10 Å². The van der Waals surface area contributed by atoms with Gasteiger partial charge in [0.15, 0.2) is 0 Å². The molecule has 1 unspecified atom stereocenters. The van der Waals surface area contributed by atoms with E-state index >= 15 is 0 Å². The number of alkyl halides is 7. The van der Waals surface area contributed by atoms with Crippen molar-refractivity contribution in [3.63, 3.8) is 0 Å². The summed E-state index contributed by atoms with van der Waals surface area (Å²) in [6, 6.07) is 0. The van der Waals surface area contributed by atoms with Crippen LogP contribution < -0.4 is 0 Å². The molecule has 1 aliphatic heterocycles. The van der Waals surface area contributed by atoms with Crippen molar-refractivity contribution in [2.75, 3.05) is 19.8 Å². The molecule has 1 atom stereocenters. The van der Waals surface area contributed by atoms with Crippen molar-refractivity contribution in [3.8, 4) is 0 Å². The van der Waals surface area contributed by atoms with E-state index < -0.39 is 24.4 Å². The van der Waals surface area contributed by atoms with Crippen molar-refractivity contribution < 1.29 is 40.2 Å². The molecule has 1 heterocycles. The van der Waals surface area contributed by atoms with Gasteiger partial charge in [-0.1, -0.05) is 77.0 Å². The lowest BCUT2D eigenvalue weighted by molar-refractivity contribution is -0.355. The van der Waals surface area contributed by atoms with E-state index in [0.717, 1.165) is 71.2 Å². The third-order valence-corrected chi connectivity index (χ3v) is 6.45. The first-order valence-corrected chi connectivity index (χ1v) is 13.1. The minimum absolute atomic E-state index is 0.240. The lowest BCUT2D eigenvalue weighted by Crippen LogP contribution is -2.51. The smallest absolute Gasteiger partial charge is 0.381 e. The van der Waals surface area contributed by atoms with Crippen LogP contribution >= 0.6 is 0 Å². The Hall–Kier alpha value is -0.570. The second-order valence-electron chi connectivity index (χ2n) is 9.51. The van der Waals surface area contributed by atoms with Crippen LogP contribution in [0.1, 0.15) is 116 Å². The quantitative estimate of drug-likeness (QED) is 0.114. The van der Waals surface area contributed by atoms with Gasteiger partial charge in [-0.15, -0.1) is 0 Å². The third-order valence-electron chi connectivity index (χ3n) is 6.45. The number of unbranched alkanes of at least 4 members (excludes halogenated alkanes) is 13. The molecule has 2 nitrogen and oxygen atoms in total. The van der Waals surface area contributed by atoms with Crippen molar-refractivity contribution in [2.24, 2.45) is 0 Å². The first-order valence-electron chi connectivity index (χ1n) is 13.1. The second-order valence-corrected chi connectivity index (χ2v) is 9.51. The zero-order chi connectivity index (χ0) is 25.3. The van der Waals surface area contributed by atoms with Gasteiger partial charge < -0.3 is 9.47 Å². The molecule has 0 aromatic carbocycles. The normalized spacial score (nSPS) is 17.6. The van der Waals surface area contributed by atoms with E-state index in [0.29, 0.717) is 12.5 Å². The molecular formula is C25H43F7O2. The van der Waals surface area contributed by atoms with E-state index in [2.05, 4.69) is 0 Å². The Kier molecular flexibility index (Phi) is 15.7. The van der Waals surface area contributed by atoms with Crippen molar-refractivity contribution in [1.82, 2.24) is 0 Å². The summed E-state index contributed by atoms with van der Waals surface area (Å²) in [6.07, 6.45) is 8.74. The fourth-order valence-electron chi connectivity index (χ4n) is 4.23. The molecule has 1 rings (SSSR count). The maximum atomic E-state index is 13.2. The highest BCUT2D eigenvalue weighted by molar-refractivity contribution is 4.90. The summed E-state index contributed by atoms with van der Waals surface area (Å²) in [5.74, 6) is -11.0. The number of hydrogen-bond acceptors (Lipinski definition) is 2. The molecule has 1 saturated heterocycles. The Morgan fingerprint density at radius 2 is 1.09 bits per heavy atom. The van der Waals surface area contributed by atoms with Gasteiger partial charge in [0, 0.05) is 26.2 Å². The Balaban J connectivity index is 1.79. The molecule has 0 spiro atoms. The van der Waals surface area contributed by atoms with Gasteiger partial charge >= 0.3 is 18.0 Å². The molecule has 0 aliphatic carbocycles. The van der Waals surface area contributed by atoms with Crippen molar-refractivity contribution in [3.05, 3.63) is 0 Å². The fraction of sp³-hybridized carbons (Fsp3) is 1.00. The predicted molar refractivity (Wildman–Crippen MR) is 120 cm³/mol. The van der Waals surface area contributed by atoms with Crippen LogP contribution in [-0.2, 0) is 9.47 Å². The maximum absolute atomic E-state index is 13.2. The zero-order valence-electron chi connectivity index (χ0n) is 20.4. The number of ether oxygens (including phenoxy) is 2. The maximum Gasteiger partial charge on any atom is 0.459 e. The lowest BCUT2D eigenvalue weighted by Gasteiger charge is -2.28. The van der Waals surface area contributed by atoms with E-state index in [4.69, 9.17) is 9.47 Å². The largest absolute Gasteiger partial charge is 0.459 e. The first-order chi connectivity index (χ1) is 16.1. The van der Waals surface area contributed by atoms with Crippen LogP contribution in [0.2, 0.25) is 0 Å². The van der Waals surface area contributed by atoms with Crippen molar-refractivity contribution in [2.45, 2.75) is 140 Å². The Bertz CT molecular complexity index is 492. The molecule has 0 bridgehead atoms. The first kappa shape index (κ1) is 31.5. The van der Waals surface area contributed by atoms with Crippen molar-refractivity contribution >= 4 is 0 Å². The number of halogens is 7. The standard InChI is InChI=1S/C25H43F7O2/c26-23(27,24(28,29)25(30,31)32)18-13-11-9-7-5-3-1-2-4-6-8-10-12-14-19-33-21-17-22-16-15-20-34-22/h22H,1-21H2. The molecule has 9 heteroatoms. The van der Waals surface area contributed by atoms with Gasteiger partial charge in [0.2, 0.25) is 0 Å². The number of hydrogen-bond donors (Lipinski definition) is 0. The molecule has 0 amide bonds. The molecule has 1 fully saturated rings. The Labute approximate surface area is 200 Å². The predicted octanol–water partition coefficient (Wildman–Crippen LogP) is 9.26. The average molecular weight is 509 g/mol. The Morgan fingerprint density at radius 1 is 0.618 bits per heavy atom. The monoisotopic (exact) mass is 508 g/mol. The average Bonchev–Trinajstić information content (AvgIpc) is 3.28. The molecule has 0 aromatic rings. The minimum Gasteiger partial charge on any atom is -0.381 e. The van der Waals surface area contributed by atoms with E-state index in [1.54, 1.807) is 0 Å². The summed E-state index contributed by atoms with van der Waals surface area (Å²) in [4.78, 5) is 0. The van der Waals surface area contributed by atoms with Crippen LogP contribution in [0, 0.1) is 0 Å². The highest BCUT2D eigenvalue weighted by Gasteiger charge is 2.72. The summed E-state index contributed by atoms with van der Waals surface area (Å²) in [5.41, 5.74) is 0.